The van der Waals surface area contributed by atoms with Crippen LogP contribution in [0.15, 0.2) is 4.52 Å². The second kappa shape index (κ2) is 3.61. The fourth-order valence-corrected chi connectivity index (χ4v) is 2.86. The van der Waals surface area contributed by atoms with Crippen LogP contribution in [-0.4, -0.2) is 22.2 Å². The fraction of sp³-hybridized carbons (Fsp3) is 0.800. The van der Waals surface area contributed by atoms with Crippen LogP contribution in [0, 0.1) is 0 Å². The molecule has 0 aromatic carbocycles. The highest BCUT2D eigenvalue weighted by Crippen LogP contribution is 2.39. The average molecular weight is 247 g/mol. The third kappa shape index (κ3) is 1.77. The van der Waals surface area contributed by atoms with Crippen LogP contribution in [0.2, 0.25) is 0 Å². The highest BCUT2D eigenvalue weighted by molar-refractivity contribution is 5.33. The number of piperidine rings is 1. The van der Waals surface area contributed by atoms with Crippen LogP contribution in [0.4, 0.5) is 19.2 Å². The van der Waals surface area contributed by atoms with E-state index in [0.717, 1.165) is 32.1 Å². The second-order valence-electron chi connectivity index (χ2n) is 4.62. The number of nitrogens with zero attached hydrogens (tertiary/aromatic N) is 3. The largest absolute Gasteiger partial charge is 0.455 e. The molecule has 3 rings (SSSR count). The number of rotatable bonds is 1. The summed E-state index contributed by atoms with van der Waals surface area (Å²) in [5.41, 5.74) is 0. The van der Waals surface area contributed by atoms with Gasteiger partial charge in [0.05, 0.1) is 0 Å². The zero-order valence-electron chi connectivity index (χ0n) is 9.07. The molecule has 2 unspecified atom stereocenters. The average Bonchev–Trinajstić information content (AvgIpc) is 2.80. The molecule has 4 nitrogen and oxygen atoms in total. The van der Waals surface area contributed by atoms with Crippen molar-refractivity contribution in [2.75, 3.05) is 4.90 Å². The van der Waals surface area contributed by atoms with Gasteiger partial charge in [0.25, 0.3) is 5.82 Å². The van der Waals surface area contributed by atoms with Crippen molar-refractivity contribution in [3.05, 3.63) is 5.82 Å². The molecule has 0 N–H and O–H groups in total. The molecule has 0 amide bonds. The zero-order valence-corrected chi connectivity index (χ0v) is 9.07. The topological polar surface area (TPSA) is 42.2 Å². The van der Waals surface area contributed by atoms with E-state index in [1.165, 1.54) is 0 Å². The molecule has 17 heavy (non-hydrogen) atoms. The molecule has 0 saturated carbocycles. The van der Waals surface area contributed by atoms with Crippen LogP contribution < -0.4 is 4.90 Å². The van der Waals surface area contributed by atoms with Gasteiger partial charge < -0.3 is 9.42 Å². The maximum absolute atomic E-state index is 12.4. The number of halogens is 3. The molecular formula is C10H12F3N3O. The summed E-state index contributed by atoms with van der Waals surface area (Å²) in [5, 5.41) is 3.01. The van der Waals surface area contributed by atoms with Crippen LogP contribution in [0.5, 0.6) is 0 Å². The third-order valence-electron chi connectivity index (χ3n) is 3.58. The molecule has 2 bridgehead atoms. The summed E-state index contributed by atoms with van der Waals surface area (Å²) in [6.07, 6.45) is 0.617. The Morgan fingerprint density at radius 3 is 2.29 bits per heavy atom. The number of hydrogen-bond acceptors (Lipinski definition) is 4. The van der Waals surface area contributed by atoms with Crippen molar-refractivity contribution in [3.8, 4) is 0 Å². The quantitative estimate of drug-likeness (QED) is 0.765. The van der Waals surface area contributed by atoms with Crippen LogP contribution in [-0.2, 0) is 6.18 Å². The smallest absolute Gasteiger partial charge is 0.318 e. The van der Waals surface area contributed by atoms with Crippen LogP contribution in [0.3, 0.4) is 0 Å². The van der Waals surface area contributed by atoms with Gasteiger partial charge in [-0.2, -0.15) is 18.2 Å². The third-order valence-corrected chi connectivity index (χ3v) is 3.58. The van der Waals surface area contributed by atoms with E-state index in [4.69, 9.17) is 4.52 Å². The van der Waals surface area contributed by atoms with Crippen molar-refractivity contribution in [1.29, 1.82) is 0 Å². The Bertz CT molecular complexity index is 401. The lowest BCUT2D eigenvalue weighted by atomic mass is 10.0. The monoisotopic (exact) mass is 247 g/mol. The Morgan fingerprint density at radius 2 is 1.76 bits per heavy atom. The summed E-state index contributed by atoms with van der Waals surface area (Å²) in [4.78, 5) is 5.35. The number of aromatic nitrogens is 2. The van der Waals surface area contributed by atoms with Gasteiger partial charge in [0, 0.05) is 12.1 Å². The summed E-state index contributed by atoms with van der Waals surface area (Å²) in [5.74, 6) is -1.18. The molecule has 2 aliphatic rings. The van der Waals surface area contributed by atoms with Gasteiger partial charge in [-0.05, 0) is 37.3 Å². The molecule has 0 aliphatic carbocycles. The lowest BCUT2D eigenvalue weighted by Gasteiger charge is -2.32. The Kier molecular flexibility index (Phi) is 2.31. The molecule has 7 heteroatoms. The van der Waals surface area contributed by atoms with Crippen molar-refractivity contribution in [3.63, 3.8) is 0 Å². The van der Waals surface area contributed by atoms with Crippen LogP contribution in [0.1, 0.15) is 37.9 Å². The highest BCUT2D eigenvalue weighted by Gasteiger charge is 2.42. The molecule has 2 fully saturated rings. The zero-order chi connectivity index (χ0) is 12.0. The van der Waals surface area contributed by atoms with E-state index >= 15 is 0 Å². The minimum absolute atomic E-state index is 0.0320. The van der Waals surface area contributed by atoms with Gasteiger partial charge in [0.2, 0.25) is 0 Å². The van der Waals surface area contributed by atoms with Gasteiger partial charge >= 0.3 is 12.2 Å². The van der Waals surface area contributed by atoms with Gasteiger partial charge in [-0.3, -0.25) is 0 Å². The number of alkyl halides is 3. The molecule has 2 atom stereocenters. The van der Waals surface area contributed by atoms with Crippen LogP contribution in [0.25, 0.3) is 0 Å². The Balaban J connectivity index is 1.87. The Morgan fingerprint density at radius 1 is 1.12 bits per heavy atom. The first-order chi connectivity index (χ1) is 8.05. The molecule has 3 heterocycles. The lowest BCUT2D eigenvalue weighted by Crippen LogP contribution is -2.39. The van der Waals surface area contributed by atoms with Crippen molar-refractivity contribution in [1.82, 2.24) is 10.1 Å². The maximum Gasteiger partial charge on any atom is 0.455 e. The summed E-state index contributed by atoms with van der Waals surface area (Å²) >= 11 is 0. The molecule has 1 aromatic rings. The lowest BCUT2D eigenvalue weighted by molar-refractivity contribution is -0.146. The summed E-state index contributed by atoms with van der Waals surface area (Å²) in [6, 6.07) is 0.579. The molecular weight excluding hydrogens is 235 g/mol. The Labute approximate surface area is 95.8 Å². The van der Waals surface area contributed by atoms with Crippen LogP contribution >= 0.6 is 0 Å². The molecule has 2 saturated heterocycles. The van der Waals surface area contributed by atoms with E-state index in [1.54, 1.807) is 0 Å². The van der Waals surface area contributed by atoms with Crippen molar-refractivity contribution >= 4 is 6.01 Å². The van der Waals surface area contributed by atoms with Gasteiger partial charge in [-0.25, -0.2) is 0 Å². The summed E-state index contributed by atoms with van der Waals surface area (Å²) in [6.45, 7) is 0. The van der Waals surface area contributed by atoms with Crippen molar-refractivity contribution in [2.45, 2.75) is 50.4 Å². The van der Waals surface area contributed by atoms with Crippen molar-refractivity contribution < 1.29 is 17.7 Å². The summed E-state index contributed by atoms with van der Waals surface area (Å²) in [7, 11) is 0. The van der Waals surface area contributed by atoms with Gasteiger partial charge in [-0.15, -0.1) is 0 Å². The van der Waals surface area contributed by atoms with E-state index < -0.39 is 12.0 Å². The maximum atomic E-state index is 12.4. The first kappa shape index (κ1) is 10.9. The number of fused-ring (bicyclic) bond motifs is 2. The van der Waals surface area contributed by atoms with Gasteiger partial charge in [-0.1, -0.05) is 0 Å². The predicted molar refractivity (Wildman–Crippen MR) is 52.4 cm³/mol. The van der Waals surface area contributed by atoms with E-state index in [2.05, 4.69) is 10.1 Å². The van der Waals surface area contributed by atoms with Gasteiger partial charge in [0.15, 0.2) is 0 Å². The number of hydrogen-bond donors (Lipinski definition) is 0. The van der Waals surface area contributed by atoms with E-state index in [-0.39, 0.29) is 18.1 Å². The molecule has 94 valence electrons. The highest BCUT2D eigenvalue weighted by atomic mass is 19.4. The first-order valence-corrected chi connectivity index (χ1v) is 5.75. The first-order valence-electron chi connectivity index (χ1n) is 5.75. The minimum atomic E-state index is -4.53. The predicted octanol–water partition coefficient (Wildman–Crippen LogP) is 2.61. The van der Waals surface area contributed by atoms with E-state index in [9.17, 15) is 13.2 Å². The standard InChI is InChI=1S/C10H12F3N3O/c11-10(12,13)8-14-9(17-15-8)16-6-2-1-3-7(16)5-4-6/h6-7H,1-5H2. The minimum Gasteiger partial charge on any atom is -0.318 e. The number of anilines is 1. The van der Waals surface area contributed by atoms with Gasteiger partial charge in [0.1, 0.15) is 0 Å². The normalized spacial score (nSPS) is 28.8. The molecule has 0 radical (unpaired) electrons. The summed E-state index contributed by atoms with van der Waals surface area (Å²) < 4.78 is 41.9. The van der Waals surface area contributed by atoms with E-state index in [1.807, 2.05) is 4.90 Å². The SMILES string of the molecule is FC(F)(F)c1noc(N2C3CCCC2CC3)n1. The Hall–Kier alpha value is -1.27. The fourth-order valence-electron chi connectivity index (χ4n) is 2.86. The van der Waals surface area contributed by atoms with Crippen molar-refractivity contribution in [2.24, 2.45) is 0 Å². The molecule has 0 spiro atoms. The molecule has 1 aromatic heterocycles. The second-order valence-corrected chi connectivity index (χ2v) is 4.62. The van der Waals surface area contributed by atoms with E-state index in [0.29, 0.717) is 0 Å². The molecule has 2 aliphatic heterocycles.